The molecule has 0 aliphatic heterocycles. The molecule has 0 aliphatic rings. The summed E-state index contributed by atoms with van der Waals surface area (Å²) in [6, 6.07) is 0. The number of hydrogen-bond donors (Lipinski definition) is 1. The highest BCUT2D eigenvalue weighted by Crippen LogP contribution is 1.91. The summed E-state index contributed by atoms with van der Waals surface area (Å²) in [5.41, 5.74) is 0. The molecule has 0 aromatic carbocycles. The number of halogens is 1. The number of rotatable bonds is 2. The van der Waals surface area contributed by atoms with Gasteiger partial charge >= 0.3 is 6.56 Å². The maximum absolute atomic E-state index is 9.77. The maximum atomic E-state index is 9.77. The van der Waals surface area contributed by atoms with Crippen molar-refractivity contribution in [2.24, 2.45) is 0 Å². The molecule has 0 heterocycles. The first kappa shape index (κ1) is 7.77. The summed E-state index contributed by atoms with van der Waals surface area (Å²) in [7, 11) is 0.488. The van der Waals surface area contributed by atoms with Crippen LogP contribution in [0.1, 0.15) is 0 Å². The zero-order valence-electron chi connectivity index (χ0n) is 3.54. The van der Waals surface area contributed by atoms with Crippen molar-refractivity contribution in [3.8, 4) is 0 Å². The van der Waals surface area contributed by atoms with E-state index in [9.17, 15) is 13.2 Å². The monoisotopic (exact) mass is 155 g/mol. The molecule has 1 N–H and O–H groups in total. The number of carboxylic acid groups (broad SMARTS) is 1. The van der Waals surface area contributed by atoms with Crippen molar-refractivity contribution < 1.29 is 18.3 Å². The smallest absolute Gasteiger partial charge is 0.442 e. The van der Waals surface area contributed by atoms with Crippen LogP contribution in [0.15, 0.2) is 0 Å². The average Bonchev–Trinajstić information content (AvgIpc) is 1.21. The molecule has 0 rings (SSSR count). The molecule has 0 atom stereocenters. The van der Waals surface area contributed by atoms with Gasteiger partial charge in [0.15, 0.2) is 8.90 Å². The van der Waals surface area contributed by atoms with Crippen LogP contribution in [0.2, 0.25) is 0 Å². The van der Waals surface area contributed by atoms with Gasteiger partial charge in [-0.3, -0.25) is 4.79 Å². The lowest BCUT2D eigenvalue weighted by molar-refractivity contribution is 0.220. The molecule has 4 nitrogen and oxygen atoms in total. The second-order valence-electron chi connectivity index (χ2n) is 0.932. The molecule has 1 radical (unpaired) electrons. The highest BCUT2D eigenvalue weighted by Gasteiger charge is 2.15. The van der Waals surface area contributed by atoms with Gasteiger partial charge in [0.05, 0.1) is 0 Å². The SMILES string of the molecule is O=C(O)[B]S(=O)(=O)Cl. The van der Waals surface area contributed by atoms with Crippen molar-refractivity contribution >= 4 is 32.0 Å². The maximum Gasteiger partial charge on any atom is 0.442 e. The summed E-state index contributed by atoms with van der Waals surface area (Å²) in [5.74, 6) is -1.57. The summed E-state index contributed by atoms with van der Waals surface area (Å²) in [5, 5.41) is 7.73. The second kappa shape index (κ2) is 2.36. The van der Waals surface area contributed by atoms with Gasteiger partial charge in [0.1, 0.15) is 0 Å². The zero-order valence-corrected chi connectivity index (χ0v) is 5.11. The van der Waals surface area contributed by atoms with Crippen LogP contribution in [0.3, 0.4) is 0 Å². The Morgan fingerprint density at radius 1 is 1.62 bits per heavy atom. The van der Waals surface area contributed by atoms with Crippen molar-refractivity contribution in [3.63, 3.8) is 0 Å². The van der Waals surface area contributed by atoms with Crippen LogP contribution in [-0.2, 0) is 8.90 Å². The fourth-order valence-corrected chi connectivity index (χ4v) is 0.590. The Hall–Kier alpha value is -0.225. The minimum atomic E-state index is -3.98. The van der Waals surface area contributed by atoms with E-state index in [0.29, 0.717) is 0 Å². The van der Waals surface area contributed by atoms with Gasteiger partial charge in [0, 0.05) is 10.7 Å². The third-order valence-corrected chi connectivity index (χ3v) is 0.992. The first-order valence-corrected chi connectivity index (χ1v) is 3.81. The molecule has 45 valence electrons. The summed E-state index contributed by atoms with van der Waals surface area (Å²) >= 11 is 0. The molecule has 0 aromatic heterocycles. The summed E-state index contributed by atoms with van der Waals surface area (Å²) in [6.07, 6.45) is 0. The van der Waals surface area contributed by atoms with Crippen LogP contribution >= 0.6 is 10.7 Å². The third-order valence-electron chi connectivity index (χ3n) is 0.242. The Morgan fingerprint density at radius 3 is 2.00 bits per heavy atom. The van der Waals surface area contributed by atoms with E-state index in [1.165, 1.54) is 0 Å². The van der Waals surface area contributed by atoms with Gasteiger partial charge in [0.2, 0.25) is 0 Å². The highest BCUT2D eigenvalue weighted by molar-refractivity contribution is 8.34. The van der Waals surface area contributed by atoms with Crippen LogP contribution in [0.4, 0.5) is 4.79 Å². The van der Waals surface area contributed by atoms with Gasteiger partial charge in [-0.05, 0) is 0 Å². The van der Waals surface area contributed by atoms with Crippen molar-refractivity contribution in [1.82, 2.24) is 0 Å². The van der Waals surface area contributed by atoms with Gasteiger partial charge in [0.25, 0.3) is 5.87 Å². The Balaban J connectivity index is 3.95. The number of carbonyl (C=O) groups is 1. The second-order valence-corrected chi connectivity index (χ2v) is 3.41. The molecule has 0 bridgehead atoms. The van der Waals surface area contributed by atoms with Crippen molar-refractivity contribution in [1.29, 1.82) is 0 Å². The van der Waals surface area contributed by atoms with E-state index in [2.05, 4.69) is 10.7 Å². The van der Waals surface area contributed by atoms with Crippen LogP contribution in [0.25, 0.3) is 0 Å². The Labute approximate surface area is 51.0 Å². The minimum absolute atomic E-state index is 0.00849. The molecule has 0 aromatic rings. The molecule has 7 heteroatoms. The van der Waals surface area contributed by atoms with E-state index in [1.807, 2.05) is 0 Å². The standard InChI is InChI=1S/CHBClO4S/c3-8(6,7)2-1(4)5/h(H,4,5). The summed E-state index contributed by atoms with van der Waals surface area (Å²) < 4.78 is 19.5. The first-order chi connectivity index (χ1) is 3.42. The largest absolute Gasteiger partial charge is 0.489 e. The lowest BCUT2D eigenvalue weighted by Crippen LogP contribution is -2.12. The molecule has 0 amide bonds. The molecule has 0 unspecified atom stereocenters. The Kier molecular flexibility index (Phi) is 2.30. The lowest BCUT2D eigenvalue weighted by Gasteiger charge is -1.80. The zero-order chi connectivity index (χ0) is 6.78. The Bertz CT molecular complexity index is 182. The van der Waals surface area contributed by atoms with Gasteiger partial charge in [-0.25, -0.2) is 8.42 Å². The minimum Gasteiger partial charge on any atom is -0.489 e. The number of hydrogen-bond acceptors (Lipinski definition) is 3. The van der Waals surface area contributed by atoms with Crippen LogP contribution in [0, 0.1) is 0 Å². The molecule has 0 spiro atoms. The van der Waals surface area contributed by atoms with E-state index in [1.54, 1.807) is 0 Å². The molecule has 0 fully saturated rings. The molecule has 8 heavy (non-hydrogen) atoms. The predicted molar refractivity (Wildman–Crippen MR) is 28.6 cm³/mol. The molecule has 0 saturated heterocycles. The van der Waals surface area contributed by atoms with Crippen molar-refractivity contribution in [2.75, 3.05) is 0 Å². The van der Waals surface area contributed by atoms with Crippen molar-refractivity contribution in [3.05, 3.63) is 0 Å². The average molecular weight is 155 g/mol. The van der Waals surface area contributed by atoms with Gasteiger partial charge in [-0.15, -0.1) is 0 Å². The lowest BCUT2D eigenvalue weighted by atomic mass is 10.1. The molecular formula is CHBClO4S. The summed E-state index contributed by atoms with van der Waals surface area (Å²) in [4.78, 5) is 9.50. The van der Waals surface area contributed by atoms with Gasteiger partial charge in [-0.2, -0.15) is 0 Å². The molecular weight excluding hydrogens is 154 g/mol. The Morgan fingerprint density at radius 2 is 2.00 bits per heavy atom. The topological polar surface area (TPSA) is 71.4 Å². The van der Waals surface area contributed by atoms with E-state index in [4.69, 9.17) is 5.11 Å². The van der Waals surface area contributed by atoms with E-state index < -0.39 is 14.8 Å². The third kappa shape index (κ3) is 5.77. The first-order valence-electron chi connectivity index (χ1n) is 1.44. The van der Waals surface area contributed by atoms with Crippen molar-refractivity contribution in [2.45, 2.75) is 0 Å². The summed E-state index contributed by atoms with van der Waals surface area (Å²) in [6.45, 7) is 0.00849. The van der Waals surface area contributed by atoms with Gasteiger partial charge in [-0.1, -0.05) is 0 Å². The van der Waals surface area contributed by atoms with Gasteiger partial charge < -0.3 is 5.11 Å². The van der Waals surface area contributed by atoms with E-state index in [-0.39, 0.29) is 6.56 Å². The fraction of sp³-hybridized carbons (Fsp3) is 0. The van der Waals surface area contributed by atoms with E-state index in [0.717, 1.165) is 0 Å². The highest BCUT2D eigenvalue weighted by atomic mass is 35.7. The normalized spacial score (nSPS) is 10.6. The van der Waals surface area contributed by atoms with Crippen LogP contribution < -0.4 is 0 Å². The van der Waals surface area contributed by atoms with E-state index >= 15 is 0 Å². The predicted octanol–water partition coefficient (Wildman–Crippen LogP) is -0.148. The molecule has 0 saturated carbocycles. The van der Waals surface area contributed by atoms with Crippen LogP contribution in [0.5, 0.6) is 0 Å². The molecule has 0 aliphatic carbocycles. The van der Waals surface area contributed by atoms with Crippen LogP contribution in [-0.4, -0.2) is 26.0 Å². The fourth-order valence-electron chi connectivity index (χ4n) is 0.120. The quantitative estimate of drug-likeness (QED) is 0.445.